The van der Waals surface area contributed by atoms with Crippen LogP contribution in [0.3, 0.4) is 0 Å². The summed E-state index contributed by atoms with van der Waals surface area (Å²) in [6.07, 6.45) is -0.484. The average Bonchev–Trinajstić information content (AvgIpc) is 3.02. The third-order valence-corrected chi connectivity index (χ3v) is 8.05. The molecule has 4 aromatic rings. The number of carbonyl (C=O) groups excluding carboxylic acids is 1. The van der Waals surface area contributed by atoms with Crippen LogP contribution in [0.1, 0.15) is 89.8 Å². The van der Waals surface area contributed by atoms with Gasteiger partial charge in [0.25, 0.3) is 5.76 Å². The summed E-state index contributed by atoms with van der Waals surface area (Å²) in [4.78, 5) is 29.0. The highest BCUT2D eigenvalue weighted by molar-refractivity contribution is 5.90. The quantitative estimate of drug-likeness (QED) is 0.0790. The van der Waals surface area contributed by atoms with Crippen LogP contribution in [0.2, 0.25) is 0 Å². The molecule has 0 aliphatic rings. The van der Waals surface area contributed by atoms with Crippen LogP contribution in [-0.2, 0) is 29.4 Å². The first-order valence-electron chi connectivity index (χ1n) is 17.2. The molecule has 50 heavy (non-hydrogen) atoms. The molecule has 0 aliphatic heterocycles. The number of carbonyl (C=O) groups is 1. The monoisotopic (exact) mass is 691 g/mol. The minimum Gasteiger partial charge on any atom is -0.449 e. The van der Waals surface area contributed by atoms with E-state index in [-0.39, 0.29) is 51.8 Å². The number of alkyl halides is 3. The van der Waals surface area contributed by atoms with Gasteiger partial charge in [0, 0.05) is 25.7 Å². The Hall–Kier alpha value is -4.37. The Labute approximate surface area is 292 Å². The second kappa shape index (κ2) is 16.1. The molecule has 3 aromatic carbocycles. The number of hydrogen-bond acceptors (Lipinski definition) is 6. The Bertz CT molecular complexity index is 1840. The van der Waals surface area contributed by atoms with Crippen LogP contribution in [0.4, 0.5) is 13.2 Å². The molecular formula is C41H48F3NO5. The normalized spacial score (nSPS) is 12.5. The molecule has 6 nitrogen and oxygen atoms in total. The van der Waals surface area contributed by atoms with Gasteiger partial charge in [-0.3, -0.25) is 9.69 Å². The molecular weight excluding hydrogens is 643 g/mol. The molecule has 1 heterocycles. The zero-order valence-corrected chi connectivity index (χ0v) is 30.2. The minimum atomic E-state index is -5.06. The molecule has 0 aliphatic carbocycles. The fourth-order valence-electron chi connectivity index (χ4n) is 5.80. The predicted molar refractivity (Wildman–Crippen MR) is 193 cm³/mol. The topological polar surface area (TPSA) is 69.0 Å². The summed E-state index contributed by atoms with van der Waals surface area (Å²) < 4.78 is 60.8. The van der Waals surface area contributed by atoms with Crippen LogP contribution >= 0.6 is 0 Å². The molecule has 0 radical (unpaired) electrons. The van der Waals surface area contributed by atoms with Gasteiger partial charge in [-0.25, -0.2) is 4.79 Å². The Morgan fingerprint density at radius 3 is 2.06 bits per heavy atom. The molecule has 268 valence electrons. The lowest BCUT2D eigenvalue weighted by Crippen LogP contribution is -2.31. The molecule has 9 heteroatoms. The van der Waals surface area contributed by atoms with E-state index in [0.717, 1.165) is 29.5 Å². The van der Waals surface area contributed by atoms with Gasteiger partial charge in [0.15, 0.2) is 0 Å². The number of benzene rings is 3. The van der Waals surface area contributed by atoms with Crippen LogP contribution in [0.5, 0.6) is 17.2 Å². The summed E-state index contributed by atoms with van der Waals surface area (Å²) in [5, 5.41) is -0.117. The predicted octanol–water partition coefficient (Wildman–Crippen LogP) is 10.6. The van der Waals surface area contributed by atoms with Gasteiger partial charge in [-0.15, -0.1) is 0 Å². The van der Waals surface area contributed by atoms with Crippen LogP contribution in [0.15, 0.2) is 76.0 Å². The summed E-state index contributed by atoms with van der Waals surface area (Å²) in [5.41, 5.74) is 1.77. The molecule has 0 atom stereocenters. The standard InChI is InChI=1S/C41H48F3NO5/c1-9-10-28-13-18-31(19-14-28)48-38-36(47)32-20-21-34(49-35(46)22-15-29-11-16-30(17-12-29)40(6,7)8)33(37(32)50-39(38)41(42,43)44)25-45(23-26(2)3)24-27(4)5/h11-22,26-27H,9-10,23-25H2,1-8H3. The molecule has 1 aromatic heterocycles. The van der Waals surface area contributed by atoms with Crippen molar-refractivity contribution in [2.75, 3.05) is 13.1 Å². The lowest BCUT2D eigenvalue weighted by atomic mass is 9.87. The van der Waals surface area contributed by atoms with Gasteiger partial charge in [0.05, 0.1) is 10.9 Å². The van der Waals surface area contributed by atoms with Crippen molar-refractivity contribution in [2.45, 2.75) is 86.4 Å². The molecule has 0 spiro atoms. The number of fused-ring (bicyclic) bond motifs is 1. The number of ether oxygens (including phenoxy) is 2. The van der Waals surface area contributed by atoms with Crippen molar-refractivity contribution < 1.29 is 31.9 Å². The number of halogens is 3. The van der Waals surface area contributed by atoms with Crippen LogP contribution in [0.25, 0.3) is 17.0 Å². The first-order chi connectivity index (χ1) is 23.5. The zero-order valence-electron chi connectivity index (χ0n) is 30.2. The SMILES string of the molecule is CCCc1ccc(Oc2c(C(F)(F)F)oc3c(CN(CC(C)C)CC(C)C)c(OC(=O)C=Cc4ccc(C(C)(C)C)cc4)ccc3c2=O)cc1. The van der Waals surface area contributed by atoms with Crippen molar-refractivity contribution in [1.29, 1.82) is 0 Å². The van der Waals surface area contributed by atoms with Gasteiger partial charge in [-0.2, -0.15) is 13.2 Å². The van der Waals surface area contributed by atoms with E-state index < -0.39 is 29.1 Å². The lowest BCUT2D eigenvalue weighted by Gasteiger charge is -2.27. The maximum atomic E-state index is 14.6. The van der Waals surface area contributed by atoms with E-state index in [9.17, 15) is 22.8 Å². The molecule has 0 saturated heterocycles. The minimum absolute atomic E-state index is 0.00389. The third kappa shape index (κ3) is 10.1. The summed E-state index contributed by atoms with van der Waals surface area (Å²) in [6.45, 7) is 17.8. The lowest BCUT2D eigenvalue weighted by molar-refractivity contribution is -0.154. The van der Waals surface area contributed by atoms with E-state index in [1.54, 1.807) is 18.2 Å². The first kappa shape index (κ1) is 38.4. The van der Waals surface area contributed by atoms with E-state index in [4.69, 9.17) is 13.9 Å². The summed E-state index contributed by atoms with van der Waals surface area (Å²) >= 11 is 0. The highest BCUT2D eigenvalue weighted by atomic mass is 19.4. The van der Waals surface area contributed by atoms with Crippen LogP contribution in [-0.4, -0.2) is 24.0 Å². The van der Waals surface area contributed by atoms with E-state index in [2.05, 4.69) is 25.7 Å². The maximum absolute atomic E-state index is 14.6. The van der Waals surface area contributed by atoms with Gasteiger partial charge in [0.2, 0.25) is 11.2 Å². The number of nitrogens with zero attached hydrogens (tertiary/aromatic N) is 1. The van der Waals surface area contributed by atoms with Crippen molar-refractivity contribution >= 4 is 23.0 Å². The fraction of sp³-hybridized carbons (Fsp3) is 0.415. The second-order valence-corrected chi connectivity index (χ2v) is 14.6. The van der Waals surface area contributed by atoms with Crippen LogP contribution in [0, 0.1) is 11.8 Å². The van der Waals surface area contributed by atoms with Crippen molar-refractivity contribution in [3.63, 3.8) is 0 Å². The van der Waals surface area contributed by atoms with Gasteiger partial charge in [-0.1, -0.05) is 98.2 Å². The maximum Gasteiger partial charge on any atom is 0.453 e. The number of rotatable bonds is 13. The Kier molecular flexibility index (Phi) is 12.4. The van der Waals surface area contributed by atoms with Crippen LogP contribution < -0.4 is 14.9 Å². The van der Waals surface area contributed by atoms with Gasteiger partial charge in [0.1, 0.15) is 17.1 Å². The Morgan fingerprint density at radius 1 is 0.900 bits per heavy atom. The summed E-state index contributed by atoms with van der Waals surface area (Å²) in [7, 11) is 0. The Morgan fingerprint density at radius 2 is 1.52 bits per heavy atom. The molecule has 0 bridgehead atoms. The first-order valence-corrected chi connectivity index (χ1v) is 17.2. The van der Waals surface area contributed by atoms with Crippen molar-refractivity contribution in [3.05, 3.63) is 105 Å². The zero-order chi connectivity index (χ0) is 36.8. The molecule has 0 amide bonds. The molecule has 0 unspecified atom stereocenters. The number of aryl methyl sites for hydroxylation is 1. The van der Waals surface area contributed by atoms with Gasteiger partial charge in [-0.05, 0) is 70.7 Å². The summed E-state index contributed by atoms with van der Waals surface area (Å²) in [6, 6.07) is 17.1. The van der Waals surface area contributed by atoms with Crippen molar-refractivity contribution in [2.24, 2.45) is 11.8 Å². The molecule has 4 rings (SSSR count). The summed E-state index contributed by atoms with van der Waals surface area (Å²) in [5.74, 6) is -2.71. The van der Waals surface area contributed by atoms with Gasteiger partial charge >= 0.3 is 12.1 Å². The van der Waals surface area contributed by atoms with Crippen molar-refractivity contribution in [3.8, 4) is 17.2 Å². The number of hydrogen-bond donors (Lipinski definition) is 0. The van der Waals surface area contributed by atoms with Gasteiger partial charge < -0.3 is 13.9 Å². The van der Waals surface area contributed by atoms with E-state index >= 15 is 0 Å². The fourth-order valence-corrected chi connectivity index (χ4v) is 5.80. The molecule has 0 saturated carbocycles. The average molecular weight is 692 g/mol. The van der Waals surface area contributed by atoms with E-state index in [0.29, 0.717) is 13.1 Å². The molecule has 0 fully saturated rings. The second-order valence-electron chi connectivity index (χ2n) is 14.6. The highest BCUT2D eigenvalue weighted by Crippen LogP contribution is 2.40. The smallest absolute Gasteiger partial charge is 0.449 e. The van der Waals surface area contributed by atoms with Crippen molar-refractivity contribution in [1.82, 2.24) is 4.90 Å². The Balaban J connectivity index is 1.81. The third-order valence-electron chi connectivity index (χ3n) is 8.05. The highest BCUT2D eigenvalue weighted by Gasteiger charge is 2.41. The largest absolute Gasteiger partial charge is 0.453 e. The van der Waals surface area contributed by atoms with E-state index in [1.165, 1.54) is 30.3 Å². The molecule has 0 N–H and O–H groups in total. The number of esters is 1. The van der Waals surface area contributed by atoms with E-state index in [1.807, 2.05) is 58.9 Å².